The highest BCUT2D eigenvalue weighted by Gasteiger charge is 2.28. The fraction of sp³-hybridized carbons (Fsp3) is 0.375. The van der Waals surface area contributed by atoms with Gasteiger partial charge in [0.1, 0.15) is 12.2 Å². The number of nitriles is 1. The third-order valence-electron chi connectivity index (χ3n) is 5.87. The molecule has 0 saturated carbocycles. The number of piperidine rings is 1. The first-order valence-electron chi connectivity index (χ1n) is 11.2. The van der Waals surface area contributed by atoms with E-state index >= 15 is 0 Å². The van der Waals surface area contributed by atoms with Crippen LogP contribution in [-0.2, 0) is 4.79 Å². The zero-order valence-electron chi connectivity index (χ0n) is 19.4. The van der Waals surface area contributed by atoms with E-state index in [-0.39, 0.29) is 24.1 Å². The van der Waals surface area contributed by atoms with E-state index in [4.69, 9.17) is 5.26 Å². The molecule has 0 bridgehead atoms. The summed E-state index contributed by atoms with van der Waals surface area (Å²) in [5.74, 6) is -0.574. The highest BCUT2D eigenvalue weighted by Crippen LogP contribution is 2.27. The van der Waals surface area contributed by atoms with Crippen molar-refractivity contribution in [1.29, 1.82) is 5.26 Å². The molecule has 1 unspecified atom stereocenters. The van der Waals surface area contributed by atoms with E-state index in [1.807, 2.05) is 12.1 Å². The predicted molar refractivity (Wildman–Crippen MR) is 126 cm³/mol. The number of alkyl halides is 1. The van der Waals surface area contributed by atoms with Gasteiger partial charge in [-0.1, -0.05) is 0 Å². The van der Waals surface area contributed by atoms with Crippen LogP contribution in [0.25, 0.3) is 16.9 Å². The van der Waals surface area contributed by atoms with Crippen LogP contribution in [0.15, 0.2) is 36.7 Å². The van der Waals surface area contributed by atoms with Crippen LogP contribution in [0.4, 0.5) is 10.1 Å². The first-order valence-corrected chi connectivity index (χ1v) is 11.2. The van der Waals surface area contributed by atoms with Crippen LogP contribution in [0.2, 0.25) is 0 Å². The standard InChI is InChI=1S/C24H26FN7O3/c1-24(2,35)21(25)13-29-23(34)17-12-27-19(8-18(17)31-15-3-6-22(33)28-11-15)20-5-4-16-7-14(9-26)10-30-32(16)20/h4-5,7-8,10,12,15,21,35H,3,6,11,13H2,1-2H3,(H,27,31)(H,28,33)(H,29,34)/t15-,21?/m0/s1. The number of pyridine rings is 1. The number of anilines is 1. The SMILES string of the molecule is CC(C)(O)C(F)CNC(=O)c1cnc(-c2ccc3cc(C#N)cnn23)cc1N[C@H]1CCC(=O)NC1. The molecule has 0 aliphatic carbocycles. The molecule has 10 nitrogen and oxygen atoms in total. The second-order valence-electron chi connectivity index (χ2n) is 9.04. The predicted octanol–water partition coefficient (Wildman–Crippen LogP) is 1.80. The third-order valence-corrected chi connectivity index (χ3v) is 5.87. The van der Waals surface area contributed by atoms with E-state index in [9.17, 15) is 19.1 Å². The van der Waals surface area contributed by atoms with Gasteiger partial charge in [0, 0.05) is 25.2 Å². The molecular weight excluding hydrogens is 453 g/mol. The molecule has 35 heavy (non-hydrogen) atoms. The minimum absolute atomic E-state index is 0.0282. The Kier molecular flexibility index (Phi) is 6.66. The summed E-state index contributed by atoms with van der Waals surface area (Å²) in [7, 11) is 0. The van der Waals surface area contributed by atoms with Crippen molar-refractivity contribution in [3.63, 3.8) is 0 Å². The summed E-state index contributed by atoms with van der Waals surface area (Å²) < 4.78 is 15.8. The average Bonchev–Trinajstić information content (AvgIpc) is 3.26. The fourth-order valence-corrected chi connectivity index (χ4v) is 3.75. The highest BCUT2D eigenvalue weighted by atomic mass is 19.1. The van der Waals surface area contributed by atoms with E-state index < -0.39 is 17.7 Å². The van der Waals surface area contributed by atoms with Crippen LogP contribution in [-0.4, -0.2) is 62.4 Å². The second-order valence-corrected chi connectivity index (χ2v) is 9.04. The van der Waals surface area contributed by atoms with E-state index in [1.165, 1.54) is 26.2 Å². The summed E-state index contributed by atoms with van der Waals surface area (Å²) >= 11 is 0. The molecule has 2 atom stereocenters. The van der Waals surface area contributed by atoms with E-state index in [2.05, 4.69) is 32.1 Å². The molecule has 182 valence electrons. The number of halogens is 1. The number of nitrogens with one attached hydrogen (secondary N) is 3. The molecule has 4 heterocycles. The zero-order valence-corrected chi connectivity index (χ0v) is 19.4. The minimum atomic E-state index is -1.65. The molecule has 1 aliphatic rings. The molecule has 3 aromatic heterocycles. The van der Waals surface area contributed by atoms with Gasteiger partial charge < -0.3 is 21.1 Å². The number of amides is 2. The molecule has 4 N–H and O–H groups in total. The first-order chi connectivity index (χ1) is 16.7. The van der Waals surface area contributed by atoms with Crippen LogP contribution in [0, 0.1) is 11.3 Å². The Morgan fingerprint density at radius 3 is 2.89 bits per heavy atom. The fourth-order valence-electron chi connectivity index (χ4n) is 3.75. The molecule has 3 aromatic rings. The summed E-state index contributed by atoms with van der Waals surface area (Å²) in [5, 5.41) is 31.9. The number of aromatic nitrogens is 3. The van der Waals surface area contributed by atoms with Crippen molar-refractivity contribution in [1.82, 2.24) is 25.2 Å². The smallest absolute Gasteiger partial charge is 0.255 e. The van der Waals surface area contributed by atoms with E-state index in [0.29, 0.717) is 47.5 Å². The van der Waals surface area contributed by atoms with Crippen LogP contribution < -0.4 is 16.0 Å². The van der Waals surface area contributed by atoms with Gasteiger partial charge in [0.15, 0.2) is 0 Å². The number of hydrogen-bond acceptors (Lipinski definition) is 7. The number of rotatable bonds is 7. The van der Waals surface area contributed by atoms with E-state index in [1.54, 1.807) is 16.6 Å². The number of fused-ring (bicyclic) bond motifs is 1. The number of carbonyl (C=O) groups excluding carboxylic acids is 2. The topological polar surface area (TPSA) is 144 Å². The summed E-state index contributed by atoms with van der Waals surface area (Å²) in [6.07, 6.45) is 2.15. The van der Waals surface area contributed by atoms with Gasteiger partial charge in [0.2, 0.25) is 5.91 Å². The molecule has 11 heteroatoms. The van der Waals surface area contributed by atoms with Gasteiger partial charge in [0.05, 0.1) is 52.1 Å². The summed E-state index contributed by atoms with van der Waals surface area (Å²) in [5.41, 5.74) is 1.41. The Morgan fingerprint density at radius 2 is 2.20 bits per heavy atom. The van der Waals surface area contributed by atoms with Crippen molar-refractivity contribution in [3.8, 4) is 17.5 Å². The van der Waals surface area contributed by atoms with Crippen LogP contribution in [0.5, 0.6) is 0 Å². The van der Waals surface area contributed by atoms with Gasteiger partial charge in [-0.25, -0.2) is 8.91 Å². The largest absolute Gasteiger partial charge is 0.387 e. The Balaban J connectivity index is 1.65. The Hall–Kier alpha value is -4.04. The maximum Gasteiger partial charge on any atom is 0.255 e. The molecule has 4 rings (SSSR count). The lowest BCUT2D eigenvalue weighted by Crippen LogP contribution is -2.43. The number of aliphatic hydroxyl groups is 1. The van der Waals surface area contributed by atoms with Crippen LogP contribution >= 0.6 is 0 Å². The summed E-state index contributed by atoms with van der Waals surface area (Å²) in [4.78, 5) is 28.9. The van der Waals surface area contributed by atoms with Crippen molar-refractivity contribution in [2.75, 3.05) is 18.4 Å². The maximum atomic E-state index is 14.2. The summed E-state index contributed by atoms with van der Waals surface area (Å²) in [6, 6.07) is 8.98. The second kappa shape index (κ2) is 9.68. The summed E-state index contributed by atoms with van der Waals surface area (Å²) in [6.45, 7) is 2.70. The van der Waals surface area contributed by atoms with Crippen molar-refractivity contribution < 1.29 is 19.1 Å². The average molecular weight is 480 g/mol. The highest BCUT2D eigenvalue weighted by molar-refractivity contribution is 6.00. The number of carbonyl (C=O) groups is 2. The maximum absolute atomic E-state index is 14.2. The molecule has 1 aliphatic heterocycles. The quantitative estimate of drug-likeness (QED) is 0.404. The Bertz CT molecular complexity index is 1300. The van der Waals surface area contributed by atoms with Crippen molar-refractivity contribution in [2.24, 2.45) is 0 Å². The van der Waals surface area contributed by atoms with Crippen LogP contribution in [0.1, 0.15) is 42.6 Å². The molecular formula is C24H26FN7O3. The van der Waals surface area contributed by atoms with Gasteiger partial charge in [-0.05, 0) is 44.5 Å². The van der Waals surface area contributed by atoms with Gasteiger partial charge in [-0.2, -0.15) is 10.4 Å². The van der Waals surface area contributed by atoms with Gasteiger partial charge >= 0.3 is 0 Å². The van der Waals surface area contributed by atoms with Gasteiger partial charge in [0.25, 0.3) is 5.91 Å². The molecule has 1 fully saturated rings. The van der Waals surface area contributed by atoms with Crippen molar-refractivity contribution >= 4 is 23.0 Å². The van der Waals surface area contributed by atoms with Crippen molar-refractivity contribution in [3.05, 3.63) is 47.8 Å². The molecule has 1 saturated heterocycles. The normalized spacial score (nSPS) is 16.9. The molecule has 0 aromatic carbocycles. The van der Waals surface area contributed by atoms with E-state index in [0.717, 1.165) is 0 Å². The van der Waals surface area contributed by atoms with Crippen molar-refractivity contribution in [2.45, 2.75) is 44.5 Å². The Morgan fingerprint density at radius 1 is 1.40 bits per heavy atom. The monoisotopic (exact) mass is 479 g/mol. The molecule has 2 amide bonds. The number of nitrogens with zero attached hydrogens (tertiary/aromatic N) is 4. The number of hydrogen-bond donors (Lipinski definition) is 4. The molecule has 0 radical (unpaired) electrons. The lowest BCUT2D eigenvalue weighted by Gasteiger charge is -2.26. The first kappa shape index (κ1) is 24.1. The zero-order chi connectivity index (χ0) is 25.2. The van der Waals surface area contributed by atoms with Gasteiger partial charge in [-0.15, -0.1) is 0 Å². The van der Waals surface area contributed by atoms with Gasteiger partial charge in [-0.3, -0.25) is 14.6 Å². The lowest BCUT2D eigenvalue weighted by atomic mass is 10.0. The van der Waals surface area contributed by atoms with Crippen LogP contribution in [0.3, 0.4) is 0 Å². The molecule has 0 spiro atoms. The Labute approximate surface area is 201 Å². The minimum Gasteiger partial charge on any atom is -0.387 e. The lowest BCUT2D eigenvalue weighted by molar-refractivity contribution is -0.122. The third kappa shape index (κ3) is 5.38.